The monoisotopic (exact) mass is 1210 g/mol. The van der Waals surface area contributed by atoms with Crippen molar-refractivity contribution >= 4 is 11.9 Å². The van der Waals surface area contributed by atoms with Crippen molar-refractivity contribution in [1.82, 2.24) is 5.32 Å². The second kappa shape index (κ2) is 75.5. The largest absolute Gasteiger partial charge is 0.466 e. The molecule has 6 nitrogen and oxygen atoms in total. The van der Waals surface area contributed by atoms with E-state index < -0.39 is 12.1 Å². The predicted molar refractivity (Wildman–Crippen MR) is 379 cm³/mol. The Morgan fingerprint density at radius 2 is 0.581 bits per heavy atom. The summed E-state index contributed by atoms with van der Waals surface area (Å²) in [7, 11) is 0. The van der Waals surface area contributed by atoms with Gasteiger partial charge in [0.05, 0.1) is 25.4 Å². The van der Waals surface area contributed by atoms with E-state index in [1.807, 2.05) is 6.08 Å². The molecular formula is C80H153NO5. The Labute approximate surface area is 538 Å². The first-order valence-corrected chi connectivity index (χ1v) is 39.3. The van der Waals surface area contributed by atoms with Crippen LogP contribution in [0.1, 0.15) is 438 Å². The van der Waals surface area contributed by atoms with Gasteiger partial charge in [-0.25, -0.2) is 0 Å². The minimum absolute atomic E-state index is 0.0237. The number of amides is 1. The summed E-state index contributed by atoms with van der Waals surface area (Å²) in [5.41, 5.74) is 0. The van der Waals surface area contributed by atoms with Crippen molar-refractivity contribution in [2.45, 2.75) is 450 Å². The molecule has 2 atom stereocenters. The number of unbranched alkanes of at least 4 members (excludes halogenated alkanes) is 59. The van der Waals surface area contributed by atoms with Gasteiger partial charge in [-0.1, -0.05) is 397 Å². The second-order valence-electron chi connectivity index (χ2n) is 27.0. The first-order valence-electron chi connectivity index (χ1n) is 39.3. The number of esters is 1. The fraction of sp³-hybridized carbons (Fsp3) is 0.900. The van der Waals surface area contributed by atoms with Crippen molar-refractivity contribution in [3.63, 3.8) is 0 Å². The zero-order valence-corrected chi connectivity index (χ0v) is 58.3. The van der Waals surface area contributed by atoms with Crippen LogP contribution in [0.5, 0.6) is 0 Å². The van der Waals surface area contributed by atoms with Crippen LogP contribution in [0.4, 0.5) is 0 Å². The maximum absolute atomic E-state index is 12.5. The molecular weight excluding hydrogens is 1050 g/mol. The molecule has 86 heavy (non-hydrogen) atoms. The molecule has 1 amide bonds. The van der Waals surface area contributed by atoms with Crippen LogP contribution in [0.25, 0.3) is 0 Å². The number of hydrogen-bond donors (Lipinski definition) is 3. The molecule has 0 rings (SSSR count). The van der Waals surface area contributed by atoms with Crippen molar-refractivity contribution in [3.05, 3.63) is 36.5 Å². The number of rotatable bonds is 74. The third kappa shape index (κ3) is 71.2. The van der Waals surface area contributed by atoms with Gasteiger partial charge >= 0.3 is 5.97 Å². The normalized spacial score (nSPS) is 12.7. The Hall–Kier alpha value is -1.92. The summed E-state index contributed by atoms with van der Waals surface area (Å²) < 4.78 is 5.52. The Kier molecular flexibility index (Phi) is 73.9. The molecule has 2 unspecified atom stereocenters. The first kappa shape index (κ1) is 84.1. The SMILES string of the molecule is CCCCCCCCCCCCCC/C=C/C(O)C(CO)NC(=O)CCCCCCCCCCCCCCCCCCC/C=C\C/C=C\CCCCCCCCCCCCCCCOC(=O)CCCCCCCCCCCCCCCCCCCC. The van der Waals surface area contributed by atoms with E-state index in [0.717, 1.165) is 44.9 Å². The third-order valence-electron chi connectivity index (χ3n) is 18.4. The lowest BCUT2D eigenvalue weighted by molar-refractivity contribution is -0.143. The zero-order valence-electron chi connectivity index (χ0n) is 58.3. The van der Waals surface area contributed by atoms with Crippen molar-refractivity contribution < 1.29 is 24.5 Å². The maximum Gasteiger partial charge on any atom is 0.305 e. The number of aliphatic hydroxyl groups is 2. The van der Waals surface area contributed by atoms with Gasteiger partial charge in [0.15, 0.2) is 0 Å². The molecule has 0 saturated carbocycles. The molecule has 0 aromatic carbocycles. The van der Waals surface area contributed by atoms with Crippen LogP contribution in [0.3, 0.4) is 0 Å². The highest BCUT2D eigenvalue weighted by molar-refractivity contribution is 5.76. The lowest BCUT2D eigenvalue weighted by atomic mass is 10.0. The van der Waals surface area contributed by atoms with Crippen LogP contribution in [0, 0.1) is 0 Å². The Balaban J connectivity index is 3.35. The lowest BCUT2D eigenvalue weighted by Crippen LogP contribution is -2.45. The van der Waals surface area contributed by atoms with Gasteiger partial charge in [-0.2, -0.15) is 0 Å². The van der Waals surface area contributed by atoms with Crippen LogP contribution in [-0.4, -0.2) is 47.4 Å². The molecule has 0 aromatic heterocycles. The van der Waals surface area contributed by atoms with Gasteiger partial charge in [0.25, 0.3) is 0 Å². The van der Waals surface area contributed by atoms with E-state index >= 15 is 0 Å². The lowest BCUT2D eigenvalue weighted by Gasteiger charge is -2.20. The topological polar surface area (TPSA) is 95.9 Å². The van der Waals surface area contributed by atoms with Gasteiger partial charge < -0.3 is 20.3 Å². The van der Waals surface area contributed by atoms with Gasteiger partial charge in [0, 0.05) is 12.8 Å². The summed E-state index contributed by atoms with van der Waals surface area (Å²) >= 11 is 0. The summed E-state index contributed by atoms with van der Waals surface area (Å²) in [6.07, 6.45) is 98.4. The summed E-state index contributed by atoms with van der Waals surface area (Å²) in [6, 6.07) is -0.625. The number of carbonyl (C=O) groups excluding carboxylic acids is 2. The summed E-state index contributed by atoms with van der Waals surface area (Å²) in [6.45, 7) is 4.95. The predicted octanol–water partition coefficient (Wildman–Crippen LogP) is 25.8. The van der Waals surface area contributed by atoms with Crippen molar-refractivity contribution in [1.29, 1.82) is 0 Å². The van der Waals surface area contributed by atoms with Crippen LogP contribution in [0.15, 0.2) is 36.5 Å². The van der Waals surface area contributed by atoms with Gasteiger partial charge in [0.2, 0.25) is 5.91 Å². The molecule has 0 radical (unpaired) electrons. The highest BCUT2D eigenvalue weighted by Crippen LogP contribution is 2.19. The maximum atomic E-state index is 12.5. The number of allylic oxidation sites excluding steroid dienone is 5. The fourth-order valence-corrected chi connectivity index (χ4v) is 12.4. The number of carbonyl (C=O) groups is 2. The van der Waals surface area contributed by atoms with E-state index in [2.05, 4.69) is 43.5 Å². The van der Waals surface area contributed by atoms with Crippen LogP contribution >= 0.6 is 0 Å². The van der Waals surface area contributed by atoms with E-state index in [1.54, 1.807) is 6.08 Å². The molecule has 3 N–H and O–H groups in total. The average molecular weight is 1210 g/mol. The summed E-state index contributed by atoms with van der Waals surface area (Å²) in [4.78, 5) is 24.6. The second-order valence-corrected chi connectivity index (χ2v) is 27.0. The zero-order chi connectivity index (χ0) is 62.0. The Morgan fingerprint density at radius 1 is 0.326 bits per heavy atom. The third-order valence-corrected chi connectivity index (χ3v) is 18.4. The fourth-order valence-electron chi connectivity index (χ4n) is 12.4. The van der Waals surface area contributed by atoms with Crippen molar-refractivity contribution in [2.24, 2.45) is 0 Å². The first-order chi connectivity index (χ1) is 42.5. The molecule has 0 bridgehead atoms. The Morgan fingerprint density at radius 3 is 0.884 bits per heavy atom. The molecule has 508 valence electrons. The van der Waals surface area contributed by atoms with Crippen LogP contribution in [0.2, 0.25) is 0 Å². The van der Waals surface area contributed by atoms with Gasteiger partial charge in [-0.15, -0.1) is 0 Å². The minimum Gasteiger partial charge on any atom is -0.466 e. The Bertz CT molecular complexity index is 1390. The smallest absolute Gasteiger partial charge is 0.305 e. The number of nitrogens with one attached hydrogen (secondary N) is 1. The number of ether oxygens (including phenoxy) is 1. The molecule has 0 aromatic rings. The summed E-state index contributed by atoms with van der Waals surface area (Å²) in [5.74, 6) is -0.0394. The van der Waals surface area contributed by atoms with E-state index in [9.17, 15) is 19.8 Å². The number of hydrogen-bond acceptors (Lipinski definition) is 5. The average Bonchev–Trinajstić information content (AvgIpc) is 3.53. The van der Waals surface area contributed by atoms with E-state index in [-0.39, 0.29) is 18.5 Å². The molecule has 0 saturated heterocycles. The highest BCUT2D eigenvalue weighted by Gasteiger charge is 2.18. The van der Waals surface area contributed by atoms with Crippen molar-refractivity contribution in [3.8, 4) is 0 Å². The quantitative estimate of drug-likeness (QED) is 0.0320. The minimum atomic E-state index is -0.842. The summed E-state index contributed by atoms with van der Waals surface area (Å²) in [5, 5.41) is 23.2. The molecule has 0 heterocycles. The van der Waals surface area contributed by atoms with Crippen molar-refractivity contribution in [2.75, 3.05) is 13.2 Å². The molecule has 6 heteroatoms. The molecule has 0 spiro atoms. The number of aliphatic hydroxyl groups excluding tert-OH is 2. The van der Waals surface area contributed by atoms with Gasteiger partial charge in [-0.05, 0) is 64.2 Å². The van der Waals surface area contributed by atoms with E-state index in [0.29, 0.717) is 19.4 Å². The molecule has 0 aliphatic carbocycles. The standard InChI is InChI=1S/C80H153NO5/c1-3-5-7-9-11-13-15-17-19-20-43-46-50-54-58-62-66-70-74-80(85)86-75-71-67-63-59-55-51-47-44-41-39-37-35-33-31-29-27-25-23-21-22-24-26-28-30-32-34-36-38-40-42-45-49-53-57-61-65-69-73-79(84)81-77(76-82)78(83)72-68-64-60-56-52-48-18-16-14-12-10-8-6-4-2/h21,23,27,29,68,72,77-78,82-83H,3-20,22,24-26,28,30-67,69-71,73-76H2,1-2H3,(H,81,84)/b23-21-,29-27-,72-68+. The molecule has 0 fully saturated rings. The van der Waals surface area contributed by atoms with Crippen LogP contribution < -0.4 is 5.32 Å². The van der Waals surface area contributed by atoms with E-state index in [1.165, 1.54) is 366 Å². The van der Waals surface area contributed by atoms with E-state index in [4.69, 9.17) is 4.74 Å². The van der Waals surface area contributed by atoms with Gasteiger partial charge in [0.1, 0.15) is 0 Å². The highest BCUT2D eigenvalue weighted by atomic mass is 16.5. The molecule has 0 aliphatic rings. The van der Waals surface area contributed by atoms with Gasteiger partial charge in [-0.3, -0.25) is 9.59 Å². The van der Waals surface area contributed by atoms with Crippen LogP contribution in [-0.2, 0) is 14.3 Å². The molecule has 0 aliphatic heterocycles.